The minimum atomic E-state index is -0.0310. The summed E-state index contributed by atoms with van der Waals surface area (Å²) in [6.07, 6.45) is 0. The van der Waals surface area contributed by atoms with E-state index in [-0.39, 0.29) is 51.3 Å². The number of methoxy groups -OCH3 is 1. The summed E-state index contributed by atoms with van der Waals surface area (Å²) < 4.78 is 9.82. The summed E-state index contributed by atoms with van der Waals surface area (Å²) in [5.74, 6) is 0.793. The van der Waals surface area contributed by atoms with Crippen molar-refractivity contribution in [3.05, 3.63) is 65.7 Å². The minimum Gasteiger partial charge on any atom is -0.491 e. The van der Waals surface area contributed by atoms with Gasteiger partial charge in [0.15, 0.2) is 0 Å². The van der Waals surface area contributed by atoms with Gasteiger partial charge in [0.05, 0.1) is 19.8 Å². The number of ether oxygens (including phenoxy) is 2. The van der Waals surface area contributed by atoms with Crippen LogP contribution < -0.4 is 4.74 Å². The van der Waals surface area contributed by atoms with Crippen LogP contribution in [0.25, 0.3) is 0 Å². The van der Waals surface area contributed by atoms with Crippen LogP contribution in [0, 0.1) is 0 Å². The smallest absolute Gasteiger partial charge is 0.119 e. The summed E-state index contributed by atoms with van der Waals surface area (Å²) in [6.45, 7) is 5.37. The number of rotatable bonds is 7. The monoisotopic (exact) mass is 421 g/mol. The minimum absolute atomic E-state index is 0. The predicted octanol–water partition coefficient (Wildman–Crippen LogP) is 3.01. The van der Waals surface area contributed by atoms with E-state index in [1.165, 1.54) is 11.1 Å². The molecule has 0 amide bonds. The number of hydrogen-bond acceptors (Lipinski definition) is 4. The molecule has 0 atom stereocenters. The molecule has 2 N–H and O–H groups in total. The van der Waals surface area contributed by atoms with Crippen molar-refractivity contribution in [3.63, 3.8) is 0 Å². The second-order valence-electron chi connectivity index (χ2n) is 5.80. The number of hydrogen-bond donors (Lipinski definition) is 2. The Hall–Kier alpha value is -0.776. The fourth-order valence-corrected chi connectivity index (χ4v) is 2.24. The summed E-state index contributed by atoms with van der Waals surface area (Å²) in [7, 11) is 1.55. The molecule has 0 aliphatic carbocycles. The summed E-state index contributed by atoms with van der Waals surface area (Å²) in [5.41, 5.74) is 2.51. The molecule has 135 valence electrons. The largest absolute Gasteiger partial charge is 0.491 e. The molecule has 25 heavy (non-hydrogen) atoms. The van der Waals surface area contributed by atoms with Crippen molar-refractivity contribution in [2.24, 2.45) is 0 Å². The molecule has 0 aliphatic rings. The maximum Gasteiger partial charge on any atom is 0.119 e. The molecule has 2 aromatic rings. The van der Waals surface area contributed by atoms with Crippen LogP contribution in [0.2, 0.25) is 0 Å². The quantitative estimate of drug-likeness (QED) is 0.722. The molecule has 2 rings (SSSR count). The third-order valence-corrected chi connectivity index (χ3v) is 3.73. The van der Waals surface area contributed by atoms with Gasteiger partial charge >= 0.3 is 0 Å². The maximum absolute atomic E-state index is 8.74. The molecule has 0 unspecified atom stereocenters. The van der Waals surface area contributed by atoms with E-state index in [1.807, 2.05) is 18.2 Å². The molecule has 2 aromatic carbocycles. The molecule has 0 saturated carbocycles. The molecule has 5 heteroatoms. The molecule has 0 saturated heterocycles. The van der Waals surface area contributed by atoms with E-state index in [0.717, 1.165) is 5.75 Å². The van der Waals surface area contributed by atoms with Crippen molar-refractivity contribution in [1.82, 2.24) is 0 Å². The summed E-state index contributed by atoms with van der Waals surface area (Å²) in [5, 5.41) is 16.7. The number of benzene rings is 2. The Morgan fingerprint density at radius 1 is 0.800 bits per heavy atom. The van der Waals surface area contributed by atoms with Crippen LogP contribution in [-0.2, 0) is 42.9 Å². The van der Waals surface area contributed by atoms with E-state index in [0.29, 0.717) is 13.2 Å². The van der Waals surface area contributed by atoms with Gasteiger partial charge in [0, 0.05) is 45.2 Å². The van der Waals surface area contributed by atoms with Crippen LogP contribution in [0.4, 0.5) is 0 Å². The van der Waals surface area contributed by atoms with E-state index < -0.39 is 0 Å². The average molecular weight is 421 g/mol. The second-order valence-corrected chi connectivity index (χ2v) is 5.80. The molecular weight excluding hydrogens is 393 g/mol. The summed E-state index contributed by atoms with van der Waals surface area (Å²) in [6, 6.07) is 18.5. The van der Waals surface area contributed by atoms with Gasteiger partial charge in [-0.15, -0.1) is 0 Å². The molecular formula is C20H28O4Y. The Morgan fingerprint density at radius 2 is 1.32 bits per heavy atom. The Kier molecular flexibility index (Phi) is 13.0. The van der Waals surface area contributed by atoms with Gasteiger partial charge in [-0.1, -0.05) is 56.3 Å². The van der Waals surface area contributed by atoms with Crippen LogP contribution in [0.3, 0.4) is 0 Å². The van der Waals surface area contributed by atoms with Crippen LogP contribution in [0.5, 0.6) is 5.75 Å². The first kappa shape index (κ1) is 24.2. The average Bonchev–Trinajstić information content (AvgIpc) is 2.62. The zero-order chi connectivity index (χ0) is 17.8. The van der Waals surface area contributed by atoms with E-state index >= 15 is 0 Å². The molecule has 0 aromatic heterocycles. The van der Waals surface area contributed by atoms with Gasteiger partial charge in [-0.2, -0.15) is 0 Å². The first-order valence-corrected chi connectivity index (χ1v) is 8.05. The van der Waals surface area contributed by atoms with Crippen molar-refractivity contribution >= 4 is 0 Å². The standard InChI is InChI=1S/C17H20O2.C3H8O2.Y/c1-17(2,14-6-4-3-5-7-14)15-8-10-16(11-9-15)19-13-12-18;1-5-3-2-4;/h3-11,18H,12-13H2,1-2H3;4H,2-3H2,1H3;. The normalized spacial score (nSPS) is 10.3. The molecule has 0 fully saturated rings. The van der Waals surface area contributed by atoms with Crippen LogP contribution >= 0.6 is 0 Å². The van der Waals surface area contributed by atoms with Crippen molar-refractivity contribution < 1.29 is 52.4 Å². The topological polar surface area (TPSA) is 58.9 Å². The van der Waals surface area contributed by atoms with E-state index in [4.69, 9.17) is 14.9 Å². The SMILES string of the molecule is CC(C)(c1ccccc1)c1ccc(OCCO)cc1.COCCO.[Y]. The predicted molar refractivity (Wildman–Crippen MR) is 96.6 cm³/mol. The Labute approximate surface area is 176 Å². The third kappa shape index (κ3) is 8.43. The van der Waals surface area contributed by atoms with Crippen LogP contribution in [-0.4, -0.2) is 43.8 Å². The van der Waals surface area contributed by atoms with Gasteiger partial charge in [0.1, 0.15) is 12.4 Å². The van der Waals surface area contributed by atoms with Crippen LogP contribution in [0.1, 0.15) is 25.0 Å². The van der Waals surface area contributed by atoms with Crippen LogP contribution in [0.15, 0.2) is 54.6 Å². The molecule has 4 nitrogen and oxygen atoms in total. The second kappa shape index (κ2) is 13.4. The molecule has 0 bridgehead atoms. The van der Waals surface area contributed by atoms with E-state index in [2.05, 4.69) is 55.0 Å². The van der Waals surface area contributed by atoms with Gasteiger partial charge in [-0.25, -0.2) is 0 Å². The fourth-order valence-electron chi connectivity index (χ4n) is 2.24. The fraction of sp³-hybridized carbons (Fsp3) is 0.400. The Balaban J connectivity index is 0.000000848. The zero-order valence-corrected chi connectivity index (χ0v) is 18.2. The van der Waals surface area contributed by atoms with Gasteiger partial charge in [0.2, 0.25) is 0 Å². The molecule has 0 spiro atoms. The summed E-state index contributed by atoms with van der Waals surface area (Å²) >= 11 is 0. The molecule has 0 heterocycles. The molecule has 0 aliphatic heterocycles. The van der Waals surface area contributed by atoms with Crippen molar-refractivity contribution in [2.45, 2.75) is 19.3 Å². The van der Waals surface area contributed by atoms with Gasteiger partial charge in [0.25, 0.3) is 0 Å². The van der Waals surface area contributed by atoms with E-state index in [9.17, 15) is 0 Å². The first-order chi connectivity index (χ1) is 11.6. The van der Waals surface area contributed by atoms with Crippen molar-refractivity contribution in [2.75, 3.05) is 33.5 Å². The van der Waals surface area contributed by atoms with E-state index in [1.54, 1.807) is 7.11 Å². The Morgan fingerprint density at radius 3 is 1.76 bits per heavy atom. The van der Waals surface area contributed by atoms with Gasteiger partial charge < -0.3 is 19.7 Å². The number of aliphatic hydroxyl groups excluding tert-OH is 2. The van der Waals surface area contributed by atoms with Gasteiger partial charge in [-0.3, -0.25) is 0 Å². The number of aliphatic hydroxyl groups is 2. The zero-order valence-electron chi connectivity index (χ0n) is 15.3. The summed E-state index contributed by atoms with van der Waals surface area (Å²) in [4.78, 5) is 0. The third-order valence-electron chi connectivity index (χ3n) is 3.73. The Bertz CT molecular complexity index is 554. The van der Waals surface area contributed by atoms with Crippen molar-refractivity contribution in [3.8, 4) is 5.75 Å². The maximum atomic E-state index is 8.74. The van der Waals surface area contributed by atoms with Crippen molar-refractivity contribution in [1.29, 1.82) is 0 Å². The molecule has 1 radical (unpaired) electrons. The first-order valence-electron chi connectivity index (χ1n) is 8.05. The van der Waals surface area contributed by atoms with Gasteiger partial charge in [-0.05, 0) is 23.3 Å².